The summed E-state index contributed by atoms with van der Waals surface area (Å²) < 4.78 is 0. The number of carboxylic acids is 1. The molecule has 1 heterocycles. The van der Waals surface area contributed by atoms with E-state index >= 15 is 0 Å². The van der Waals surface area contributed by atoms with E-state index in [1.54, 1.807) is 18.2 Å². The van der Waals surface area contributed by atoms with Gasteiger partial charge in [-0.3, -0.25) is 4.79 Å². The van der Waals surface area contributed by atoms with Gasteiger partial charge in [0.15, 0.2) is 0 Å². The summed E-state index contributed by atoms with van der Waals surface area (Å²) in [5, 5.41) is 9.23. The Morgan fingerprint density at radius 1 is 1.00 bits per heavy atom. The number of aromatic carboxylic acids is 1. The van der Waals surface area contributed by atoms with Crippen LogP contribution >= 0.6 is 0 Å². The number of piperidine rings is 1. The molecule has 112 valence electrons. The molecular formula is C17H21NO3. The first-order valence-corrected chi connectivity index (χ1v) is 7.78. The van der Waals surface area contributed by atoms with Crippen LogP contribution in [0.5, 0.6) is 0 Å². The zero-order valence-corrected chi connectivity index (χ0v) is 12.1. The number of carbonyl (C=O) groups excluding carboxylic acids is 1. The fourth-order valence-electron chi connectivity index (χ4n) is 3.81. The van der Waals surface area contributed by atoms with Crippen LogP contribution in [-0.4, -0.2) is 35.0 Å². The first-order chi connectivity index (χ1) is 10.2. The summed E-state index contributed by atoms with van der Waals surface area (Å²) in [6.45, 7) is 1.55. The van der Waals surface area contributed by atoms with E-state index in [1.165, 1.54) is 31.7 Å². The quantitative estimate of drug-likeness (QED) is 0.909. The van der Waals surface area contributed by atoms with Crippen molar-refractivity contribution in [1.29, 1.82) is 0 Å². The van der Waals surface area contributed by atoms with Crippen LogP contribution in [0.4, 0.5) is 0 Å². The van der Waals surface area contributed by atoms with Gasteiger partial charge in [0.25, 0.3) is 5.91 Å². The zero-order valence-electron chi connectivity index (χ0n) is 12.1. The van der Waals surface area contributed by atoms with Gasteiger partial charge in [-0.25, -0.2) is 4.79 Å². The highest BCUT2D eigenvalue weighted by atomic mass is 16.4. The maximum Gasteiger partial charge on any atom is 0.336 e. The highest BCUT2D eigenvalue weighted by Gasteiger charge is 2.33. The van der Waals surface area contributed by atoms with Crippen molar-refractivity contribution in [2.45, 2.75) is 32.1 Å². The number of amides is 1. The predicted molar refractivity (Wildman–Crippen MR) is 79.4 cm³/mol. The molecule has 1 aromatic rings. The van der Waals surface area contributed by atoms with Crippen molar-refractivity contribution in [1.82, 2.24) is 4.90 Å². The molecule has 0 aromatic heterocycles. The number of likely N-dealkylation sites (tertiary alicyclic amines) is 1. The maximum atomic E-state index is 12.7. The van der Waals surface area contributed by atoms with Crippen LogP contribution in [0.3, 0.4) is 0 Å². The number of carbonyl (C=O) groups is 2. The fraction of sp³-hybridized carbons (Fsp3) is 0.529. The smallest absolute Gasteiger partial charge is 0.336 e. The minimum Gasteiger partial charge on any atom is -0.478 e. The molecule has 0 spiro atoms. The van der Waals surface area contributed by atoms with Gasteiger partial charge in [-0.15, -0.1) is 0 Å². The van der Waals surface area contributed by atoms with Gasteiger partial charge in [-0.2, -0.15) is 0 Å². The molecule has 2 atom stereocenters. The zero-order chi connectivity index (χ0) is 14.8. The Morgan fingerprint density at radius 3 is 2.38 bits per heavy atom. The lowest BCUT2D eigenvalue weighted by Gasteiger charge is -2.41. The molecule has 1 saturated heterocycles. The number of benzene rings is 1. The Kier molecular flexibility index (Phi) is 3.95. The molecule has 4 nitrogen and oxygen atoms in total. The molecule has 21 heavy (non-hydrogen) atoms. The van der Waals surface area contributed by atoms with Crippen molar-refractivity contribution in [3.8, 4) is 0 Å². The molecule has 0 unspecified atom stereocenters. The Bertz CT molecular complexity index is 555. The summed E-state index contributed by atoms with van der Waals surface area (Å²) in [5.41, 5.74) is 0.424. The van der Waals surface area contributed by atoms with Crippen LogP contribution in [0.15, 0.2) is 24.3 Å². The van der Waals surface area contributed by atoms with Crippen LogP contribution in [0, 0.1) is 11.8 Å². The number of fused-ring (bicyclic) bond motifs is 1. The highest BCUT2D eigenvalue weighted by molar-refractivity contribution is 6.04. The molecule has 0 radical (unpaired) electrons. The normalized spacial score (nSPS) is 25.2. The van der Waals surface area contributed by atoms with Crippen molar-refractivity contribution in [2.24, 2.45) is 11.8 Å². The van der Waals surface area contributed by atoms with Crippen LogP contribution in [0.2, 0.25) is 0 Å². The molecule has 0 bridgehead atoms. The summed E-state index contributed by atoms with van der Waals surface area (Å²) in [6.07, 6.45) is 6.13. The minimum absolute atomic E-state index is 0.105. The van der Waals surface area contributed by atoms with Gasteiger partial charge in [-0.1, -0.05) is 31.4 Å². The SMILES string of the molecule is O=C(O)c1ccccc1C(=O)N1CC[C@@H]2CCCC[C@@H]2C1. The van der Waals surface area contributed by atoms with E-state index in [2.05, 4.69) is 0 Å². The molecule has 1 saturated carbocycles. The summed E-state index contributed by atoms with van der Waals surface area (Å²) in [7, 11) is 0. The lowest BCUT2D eigenvalue weighted by atomic mass is 9.75. The van der Waals surface area contributed by atoms with E-state index in [9.17, 15) is 14.7 Å². The highest BCUT2D eigenvalue weighted by Crippen LogP contribution is 2.36. The minimum atomic E-state index is -1.04. The summed E-state index contributed by atoms with van der Waals surface area (Å²) >= 11 is 0. The van der Waals surface area contributed by atoms with Crippen molar-refractivity contribution >= 4 is 11.9 Å². The largest absolute Gasteiger partial charge is 0.478 e. The second-order valence-electron chi connectivity index (χ2n) is 6.20. The molecule has 1 aliphatic carbocycles. The van der Waals surface area contributed by atoms with Gasteiger partial charge >= 0.3 is 5.97 Å². The van der Waals surface area contributed by atoms with E-state index < -0.39 is 5.97 Å². The van der Waals surface area contributed by atoms with Crippen LogP contribution in [0.1, 0.15) is 52.8 Å². The van der Waals surface area contributed by atoms with Crippen molar-refractivity contribution in [2.75, 3.05) is 13.1 Å². The standard InChI is InChI=1S/C17H21NO3/c19-16(14-7-3-4-8-15(14)17(20)21)18-10-9-12-5-1-2-6-13(12)11-18/h3-4,7-8,12-13H,1-2,5-6,9-11H2,(H,20,21)/t12-,13+/m0/s1. The Hall–Kier alpha value is -1.84. The number of hydrogen-bond donors (Lipinski definition) is 1. The van der Waals surface area contributed by atoms with Crippen molar-refractivity contribution in [3.05, 3.63) is 35.4 Å². The second kappa shape index (κ2) is 5.88. The summed E-state index contributed by atoms with van der Waals surface area (Å²) in [4.78, 5) is 25.8. The number of hydrogen-bond acceptors (Lipinski definition) is 2. The average molecular weight is 287 g/mol. The number of rotatable bonds is 2. The molecule has 1 aliphatic heterocycles. The molecule has 4 heteroatoms. The van der Waals surface area contributed by atoms with Gasteiger partial charge in [0.05, 0.1) is 11.1 Å². The summed E-state index contributed by atoms with van der Waals surface area (Å²) in [6, 6.07) is 6.52. The molecule has 2 fully saturated rings. The monoisotopic (exact) mass is 287 g/mol. The second-order valence-corrected chi connectivity index (χ2v) is 6.20. The van der Waals surface area contributed by atoms with E-state index in [0.717, 1.165) is 25.4 Å². The first kappa shape index (κ1) is 14.1. The topological polar surface area (TPSA) is 57.6 Å². The fourth-order valence-corrected chi connectivity index (χ4v) is 3.81. The third-order valence-corrected chi connectivity index (χ3v) is 4.97. The van der Waals surface area contributed by atoms with Crippen molar-refractivity contribution in [3.63, 3.8) is 0 Å². The lowest BCUT2D eigenvalue weighted by molar-refractivity contribution is 0.0512. The molecule has 1 aromatic carbocycles. The molecule has 1 amide bonds. The molecule has 1 N–H and O–H groups in total. The Labute approximate surface area is 124 Å². The Balaban J connectivity index is 1.78. The maximum absolute atomic E-state index is 12.7. The van der Waals surface area contributed by atoms with Crippen LogP contribution in [-0.2, 0) is 0 Å². The number of carboxylic acid groups (broad SMARTS) is 1. The third-order valence-electron chi connectivity index (χ3n) is 4.97. The molecular weight excluding hydrogens is 266 g/mol. The van der Waals surface area contributed by atoms with Gasteiger partial charge in [0.2, 0.25) is 0 Å². The third kappa shape index (κ3) is 2.80. The predicted octanol–water partition coefficient (Wildman–Crippen LogP) is 3.04. The van der Waals surface area contributed by atoms with Crippen LogP contribution < -0.4 is 0 Å². The molecule has 3 rings (SSSR count). The Morgan fingerprint density at radius 2 is 1.67 bits per heavy atom. The van der Waals surface area contributed by atoms with E-state index in [0.29, 0.717) is 11.5 Å². The van der Waals surface area contributed by atoms with Gasteiger partial charge in [0, 0.05) is 13.1 Å². The average Bonchev–Trinajstić information content (AvgIpc) is 2.53. The van der Waals surface area contributed by atoms with E-state index in [4.69, 9.17) is 0 Å². The number of nitrogens with zero attached hydrogens (tertiary/aromatic N) is 1. The first-order valence-electron chi connectivity index (χ1n) is 7.78. The van der Waals surface area contributed by atoms with E-state index in [1.807, 2.05) is 4.90 Å². The van der Waals surface area contributed by atoms with Gasteiger partial charge in [0.1, 0.15) is 0 Å². The van der Waals surface area contributed by atoms with Gasteiger partial charge in [-0.05, 0) is 36.8 Å². The lowest BCUT2D eigenvalue weighted by Crippen LogP contribution is -2.45. The van der Waals surface area contributed by atoms with E-state index in [-0.39, 0.29) is 11.5 Å². The van der Waals surface area contributed by atoms with Gasteiger partial charge < -0.3 is 10.0 Å². The van der Waals surface area contributed by atoms with Crippen LogP contribution in [0.25, 0.3) is 0 Å². The summed E-state index contributed by atoms with van der Waals surface area (Å²) in [5.74, 6) is 0.203. The van der Waals surface area contributed by atoms with Crippen molar-refractivity contribution < 1.29 is 14.7 Å². The molecule has 2 aliphatic rings.